The van der Waals surface area contributed by atoms with Crippen molar-refractivity contribution >= 4 is 5.65 Å². The van der Waals surface area contributed by atoms with Crippen molar-refractivity contribution in [2.24, 2.45) is 5.73 Å². The molecule has 18 heavy (non-hydrogen) atoms. The second kappa shape index (κ2) is 4.66. The third-order valence-electron chi connectivity index (χ3n) is 3.79. The van der Waals surface area contributed by atoms with E-state index < -0.39 is 0 Å². The van der Waals surface area contributed by atoms with Gasteiger partial charge in [-0.25, -0.2) is 0 Å². The minimum Gasteiger partial charge on any atom is -0.326 e. The Hall–Kier alpha value is -1.46. The second-order valence-electron chi connectivity index (χ2n) is 4.81. The fraction of sp³-hybridized carbons (Fsp3) is 0.538. The van der Waals surface area contributed by atoms with Crippen LogP contribution in [0, 0.1) is 0 Å². The Morgan fingerprint density at radius 1 is 1.39 bits per heavy atom. The summed E-state index contributed by atoms with van der Waals surface area (Å²) in [7, 11) is 0. The molecule has 3 heterocycles. The summed E-state index contributed by atoms with van der Waals surface area (Å²) in [6.45, 7) is 4.98. The molecule has 3 rings (SSSR count). The quantitative estimate of drug-likeness (QED) is 0.886. The van der Waals surface area contributed by atoms with Crippen LogP contribution in [-0.2, 0) is 6.54 Å². The summed E-state index contributed by atoms with van der Waals surface area (Å²) in [5.74, 6) is 1.06. The maximum absolute atomic E-state index is 5.70. The van der Waals surface area contributed by atoms with Crippen LogP contribution < -0.4 is 5.73 Å². The zero-order valence-corrected chi connectivity index (χ0v) is 10.7. The van der Waals surface area contributed by atoms with E-state index in [0.717, 1.165) is 30.1 Å². The SMILES string of the molecule is CCN1CCCC1c1nnc2ccc(CN)cn12. The molecule has 0 bridgehead atoms. The first-order chi connectivity index (χ1) is 8.83. The number of rotatable bonds is 3. The van der Waals surface area contributed by atoms with Gasteiger partial charge in [0.2, 0.25) is 0 Å². The molecule has 0 saturated carbocycles. The summed E-state index contributed by atoms with van der Waals surface area (Å²) in [5.41, 5.74) is 7.72. The zero-order valence-electron chi connectivity index (χ0n) is 10.7. The Morgan fingerprint density at radius 2 is 2.28 bits per heavy atom. The summed E-state index contributed by atoms with van der Waals surface area (Å²) in [5, 5.41) is 8.63. The van der Waals surface area contributed by atoms with Crippen molar-refractivity contribution in [3.05, 3.63) is 29.7 Å². The molecule has 5 heteroatoms. The summed E-state index contributed by atoms with van der Waals surface area (Å²) in [4.78, 5) is 2.46. The van der Waals surface area contributed by atoms with Crippen LogP contribution >= 0.6 is 0 Å². The van der Waals surface area contributed by atoms with Gasteiger partial charge in [-0.15, -0.1) is 10.2 Å². The Bertz CT molecular complexity index is 547. The predicted octanol–water partition coefficient (Wildman–Crippen LogP) is 1.34. The standard InChI is InChI=1S/C13H19N5/c1-2-17-7-3-4-11(17)13-16-15-12-6-5-10(8-14)9-18(12)13/h5-6,9,11H,2-4,7-8,14H2,1H3. The van der Waals surface area contributed by atoms with E-state index in [1.54, 1.807) is 0 Å². The molecule has 1 saturated heterocycles. The van der Waals surface area contributed by atoms with Crippen molar-refractivity contribution in [3.63, 3.8) is 0 Å². The molecule has 0 amide bonds. The topological polar surface area (TPSA) is 59.5 Å². The molecule has 2 aromatic heterocycles. The number of nitrogens with two attached hydrogens (primary N) is 1. The largest absolute Gasteiger partial charge is 0.326 e. The van der Waals surface area contributed by atoms with Crippen molar-refractivity contribution in [1.82, 2.24) is 19.5 Å². The highest BCUT2D eigenvalue weighted by Gasteiger charge is 2.28. The third kappa shape index (κ3) is 1.79. The lowest BCUT2D eigenvalue weighted by molar-refractivity contribution is 0.261. The Kier molecular flexibility index (Phi) is 3.01. The van der Waals surface area contributed by atoms with Crippen LogP contribution in [0.4, 0.5) is 0 Å². The molecule has 0 aliphatic carbocycles. The molecule has 1 unspecified atom stereocenters. The number of hydrogen-bond donors (Lipinski definition) is 1. The Labute approximate surface area is 107 Å². The van der Waals surface area contributed by atoms with Crippen molar-refractivity contribution in [1.29, 1.82) is 0 Å². The van der Waals surface area contributed by atoms with Crippen molar-refractivity contribution in [2.75, 3.05) is 13.1 Å². The molecule has 2 N–H and O–H groups in total. The lowest BCUT2D eigenvalue weighted by Gasteiger charge is -2.21. The van der Waals surface area contributed by atoms with Crippen molar-refractivity contribution in [2.45, 2.75) is 32.4 Å². The summed E-state index contributed by atoms with van der Waals surface area (Å²) >= 11 is 0. The second-order valence-corrected chi connectivity index (χ2v) is 4.81. The van der Waals surface area contributed by atoms with E-state index in [4.69, 9.17) is 5.73 Å². The van der Waals surface area contributed by atoms with E-state index in [9.17, 15) is 0 Å². The molecular formula is C13H19N5. The van der Waals surface area contributed by atoms with Crippen LogP contribution in [0.25, 0.3) is 5.65 Å². The Morgan fingerprint density at radius 3 is 3.06 bits per heavy atom. The maximum Gasteiger partial charge on any atom is 0.160 e. The number of pyridine rings is 1. The first kappa shape index (κ1) is 11.6. The molecule has 96 valence electrons. The molecular weight excluding hydrogens is 226 g/mol. The lowest BCUT2D eigenvalue weighted by Crippen LogP contribution is -2.24. The number of nitrogens with zero attached hydrogens (tertiary/aromatic N) is 4. The van der Waals surface area contributed by atoms with E-state index in [0.29, 0.717) is 12.6 Å². The molecule has 1 aliphatic heterocycles. The molecule has 0 radical (unpaired) electrons. The molecule has 1 fully saturated rings. The van der Waals surface area contributed by atoms with E-state index in [1.807, 2.05) is 12.1 Å². The third-order valence-corrected chi connectivity index (χ3v) is 3.79. The average Bonchev–Trinajstić information content (AvgIpc) is 3.03. The Balaban J connectivity index is 2.05. The highest BCUT2D eigenvalue weighted by Crippen LogP contribution is 2.30. The normalized spacial score (nSPS) is 20.9. The molecule has 0 aromatic carbocycles. The van der Waals surface area contributed by atoms with E-state index in [2.05, 4.69) is 32.6 Å². The number of aromatic nitrogens is 3. The van der Waals surface area contributed by atoms with Gasteiger partial charge in [0.25, 0.3) is 0 Å². The van der Waals surface area contributed by atoms with Gasteiger partial charge >= 0.3 is 0 Å². The molecule has 5 nitrogen and oxygen atoms in total. The molecule has 2 aromatic rings. The minimum absolute atomic E-state index is 0.401. The highest BCUT2D eigenvalue weighted by molar-refractivity contribution is 5.40. The number of likely N-dealkylation sites (tertiary alicyclic amines) is 1. The van der Waals surface area contributed by atoms with Crippen LogP contribution in [0.1, 0.15) is 37.2 Å². The highest BCUT2D eigenvalue weighted by atomic mass is 15.3. The summed E-state index contributed by atoms with van der Waals surface area (Å²) in [6.07, 6.45) is 4.47. The van der Waals surface area contributed by atoms with Crippen LogP contribution in [0.15, 0.2) is 18.3 Å². The average molecular weight is 245 g/mol. The van der Waals surface area contributed by atoms with Crippen LogP contribution in [0.5, 0.6) is 0 Å². The number of fused-ring (bicyclic) bond motifs is 1. The first-order valence-corrected chi connectivity index (χ1v) is 6.61. The maximum atomic E-state index is 5.70. The van der Waals surface area contributed by atoms with Gasteiger partial charge in [-0.1, -0.05) is 13.0 Å². The van der Waals surface area contributed by atoms with Gasteiger partial charge in [-0.05, 0) is 37.6 Å². The molecule has 1 aliphatic rings. The van der Waals surface area contributed by atoms with Crippen molar-refractivity contribution in [3.8, 4) is 0 Å². The first-order valence-electron chi connectivity index (χ1n) is 6.61. The van der Waals surface area contributed by atoms with E-state index in [-0.39, 0.29) is 0 Å². The summed E-state index contributed by atoms with van der Waals surface area (Å²) < 4.78 is 2.10. The van der Waals surface area contributed by atoms with Crippen LogP contribution in [0.3, 0.4) is 0 Å². The van der Waals surface area contributed by atoms with Gasteiger partial charge in [-0.3, -0.25) is 9.30 Å². The lowest BCUT2D eigenvalue weighted by atomic mass is 10.2. The smallest absolute Gasteiger partial charge is 0.160 e. The predicted molar refractivity (Wildman–Crippen MR) is 70.1 cm³/mol. The minimum atomic E-state index is 0.401. The van der Waals surface area contributed by atoms with E-state index >= 15 is 0 Å². The molecule has 0 spiro atoms. The van der Waals surface area contributed by atoms with E-state index in [1.165, 1.54) is 12.8 Å². The summed E-state index contributed by atoms with van der Waals surface area (Å²) in [6, 6.07) is 4.40. The molecule has 1 atom stereocenters. The fourth-order valence-corrected chi connectivity index (χ4v) is 2.80. The van der Waals surface area contributed by atoms with Gasteiger partial charge in [-0.2, -0.15) is 0 Å². The van der Waals surface area contributed by atoms with Crippen LogP contribution in [-0.4, -0.2) is 32.6 Å². The monoisotopic (exact) mass is 245 g/mol. The number of hydrogen-bond acceptors (Lipinski definition) is 4. The van der Waals surface area contributed by atoms with Gasteiger partial charge in [0.1, 0.15) is 0 Å². The van der Waals surface area contributed by atoms with Gasteiger partial charge in [0.15, 0.2) is 11.5 Å². The zero-order chi connectivity index (χ0) is 12.5. The van der Waals surface area contributed by atoms with Gasteiger partial charge in [0.05, 0.1) is 6.04 Å². The van der Waals surface area contributed by atoms with Gasteiger partial charge < -0.3 is 5.73 Å². The van der Waals surface area contributed by atoms with Gasteiger partial charge in [0, 0.05) is 12.7 Å². The van der Waals surface area contributed by atoms with Crippen LogP contribution in [0.2, 0.25) is 0 Å². The fourth-order valence-electron chi connectivity index (χ4n) is 2.80. The van der Waals surface area contributed by atoms with Crippen molar-refractivity contribution < 1.29 is 0 Å².